The highest BCUT2D eigenvalue weighted by Gasteiger charge is 2.47. The molecule has 6 nitrogen and oxygen atoms in total. The zero-order valence-electron chi connectivity index (χ0n) is 21.6. The summed E-state index contributed by atoms with van der Waals surface area (Å²) in [6.45, 7) is 5.53. The fraction of sp³-hybridized carbons (Fsp3) is 0.484. The molecule has 2 saturated carbocycles. The van der Waals surface area contributed by atoms with Crippen molar-refractivity contribution in [1.82, 2.24) is 9.47 Å². The number of hydrogen-bond donors (Lipinski definition) is 1. The summed E-state index contributed by atoms with van der Waals surface area (Å²) < 4.78 is 7.78. The zero-order valence-corrected chi connectivity index (χ0v) is 21.6. The van der Waals surface area contributed by atoms with E-state index in [1.54, 1.807) is 6.07 Å². The quantitative estimate of drug-likeness (QED) is 0.448. The number of carbonyl (C=O) groups is 2. The van der Waals surface area contributed by atoms with Gasteiger partial charge >= 0.3 is 5.97 Å². The van der Waals surface area contributed by atoms with Gasteiger partial charge in [-0.05, 0) is 61.3 Å². The van der Waals surface area contributed by atoms with Crippen molar-refractivity contribution in [2.45, 2.75) is 63.8 Å². The van der Waals surface area contributed by atoms with E-state index in [9.17, 15) is 14.7 Å². The first kappa shape index (κ1) is 24.2. The van der Waals surface area contributed by atoms with E-state index in [0.29, 0.717) is 37.8 Å². The third-order valence-electron chi connectivity index (χ3n) is 8.73. The van der Waals surface area contributed by atoms with Crippen LogP contribution in [0.4, 0.5) is 0 Å². The number of carbonyl (C=O) groups excluding carboxylic acids is 1. The van der Waals surface area contributed by atoms with Crippen molar-refractivity contribution in [3.63, 3.8) is 0 Å². The molecule has 1 amide bonds. The van der Waals surface area contributed by atoms with Crippen molar-refractivity contribution in [3.8, 4) is 11.3 Å². The van der Waals surface area contributed by atoms with Gasteiger partial charge in [0.1, 0.15) is 0 Å². The molecule has 6 rings (SSSR count). The van der Waals surface area contributed by atoms with Crippen LogP contribution in [0.2, 0.25) is 0 Å². The van der Waals surface area contributed by atoms with Gasteiger partial charge < -0.3 is 19.3 Å². The van der Waals surface area contributed by atoms with Gasteiger partial charge in [-0.25, -0.2) is 4.79 Å². The average molecular weight is 501 g/mol. The van der Waals surface area contributed by atoms with E-state index in [-0.39, 0.29) is 17.7 Å². The summed E-state index contributed by atoms with van der Waals surface area (Å²) in [5, 5.41) is 10.9. The first-order valence-corrected chi connectivity index (χ1v) is 13.9. The van der Waals surface area contributed by atoms with Gasteiger partial charge in [0.15, 0.2) is 0 Å². The number of morpholine rings is 1. The Hall–Kier alpha value is -3.12. The smallest absolute Gasteiger partial charge is 0.335 e. The van der Waals surface area contributed by atoms with Gasteiger partial charge in [-0.1, -0.05) is 49.6 Å². The van der Waals surface area contributed by atoms with Crippen molar-refractivity contribution in [2.75, 3.05) is 26.3 Å². The average Bonchev–Trinajstić information content (AvgIpc) is 3.68. The van der Waals surface area contributed by atoms with Gasteiger partial charge in [-0.15, -0.1) is 0 Å². The Bertz CT molecular complexity index is 1330. The summed E-state index contributed by atoms with van der Waals surface area (Å²) in [6.07, 6.45) is 6.97. The Morgan fingerprint density at radius 3 is 2.51 bits per heavy atom. The van der Waals surface area contributed by atoms with Crippen molar-refractivity contribution in [1.29, 1.82) is 0 Å². The molecular formula is C31H36N2O4. The number of benzene rings is 2. The minimum atomic E-state index is -0.894. The highest BCUT2D eigenvalue weighted by molar-refractivity contribution is 5.98. The second-order valence-electron chi connectivity index (χ2n) is 10.9. The number of nitrogens with zero attached hydrogens (tertiary/aromatic N) is 2. The summed E-state index contributed by atoms with van der Waals surface area (Å²) in [5.74, 6) is 0.0963. The van der Waals surface area contributed by atoms with Crippen molar-refractivity contribution in [2.24, 2.45) is 5.92 Å². The minimum Gasteiger partial charge on any atom is -0.478 e. The van der Waals surface area contributed by atoms with Crippen molar-refractivity contribution >= 4 is 22.8 Å². The molecule has 2 aromatic carbocycles. The molecule has 194 valence electrons. The lowest BCUT2D eigenvalue weighted by Crippen LogP contribution is -2.41. The number of aromatic nitrogens is 1. The molecule has 1 saturated heterocycles. The third kappa shape index (κ3) is 4.35. The van der Waals surface area contributed by atoms with Crippen LogP contribution in [-0.2, 0) is 16.1 Å². The Kier molecular flexibility index (Phi) is 6.53. The van der Waals surface area contributed by atoms with Crippen LogP contribution in [-0.4, -0.2) is 52.8 Å². The van der Waals surface area contributed by atoms with Crippen LogP contribution in [0.15, 0.2) is 42.5 Å². The molecule has 0 spiro atoms. The molecule has 1 N–H and O–H groups in total. The summed E-state index contributed by atoms with van der Waals surface area (Å²) in [4.78, 5) is 27.1. The SMILES string of the molecule is CCn1c(-c2ccccc2[C@H]2CC2C(=O)N2CCOCC2)c(C2CCCCC2)c2ccc(C(=O)O)cc21. The van der Waals surface area contributed by atoms with E-state index in [1.807, 2.05) is 17.0 Å². The molecule has 1 aromatic heterocycles. The maximum atomic E-state index is 13.3. The number of aryl methyl sites for hydroxylation is 1. The maximum absolute atomic E-state index is 13.3. The number of amides is 1. The number of rotatable bonds is 6. The van der Waals surface area contributed by atoms with E-state index in [4.69, 9.17) is 4.74 Å². The lowest BCUT2D eigenvalue weighted by atomic mass is 9.81. The topological polar surface area (TPSA) is 71.8 Å². The molecule has 3 aliphatic rings. The van der Waals surface area contributed by atoms with E-state index in [2.05, 4.69) is 35.8 Å². The number of aromatic carboxylic acids is 1. The summed E-state index contributed by atoms with van der Waals surface area (Å²) in [6, 6.07) is 14.3. The lowest BCUT2D eigenvalue weighted by molar-refractivity contribution is -0.136. The molecule has 1 aliphatic heterocycles. The van der Waals surface area contributed by atoms with Crippen molar-refractivity contribution in [3.05, 3.63) is 59.2 Å². The monoisotopic (exact) mass is 500 g/mol. The molecule has 1 unspecified atom stereocenters. The number of carboxylic acid groups (broad SMARTS) is 1. The number of fused-ring (bicyclic) bond motifs is 1. The second-order valence-corrected chi connectivity index (χ2v) is 10.9. The number of carboxylic acids is 1. The van der Waals surface area contributed by atoms with E-state index >= 15 is 0 Å². The van der Waals surface area contributed by atoms with Gasteiger partial charge in [0.25, 0.3) is 0 Å². The van der Waals surface area contributed by atoms with Crippen LogP contribution in [0.3, 0.4) is 0 Å². The highest BCUT2D eigenvalue weighted by atomic mass is 16.5. The molecule has 0 radical (unpaired) electrons. The molecule has 3 aromatic rings. The Morgan fingerprint density at radius 2 is 1.78 bits per heavy atom. The molecule has 2 atom stereocenters. The normalized spacial score (nSPS) is 22.4. The van der Waals surface area contributed by atoms with Crippen LogP contribution in [0.25, 0.3) is 22.2 Å². The van der Waals surface area contributed by atoms with Gasteiger partial charge in [-0.3, -0.25) is 4.79 Å². The number of ether oxygens (including phenoxy) is 1. The van der Waals surface area contributed by atoms with E-state index < -0.39 is 5.97 Å². The van der Waals surface area contributed by atoms with Crippen LogP contribution in [0.5, 0.6) is 0 Å². The fourth-order valence-electron chi connectivity index (χ4n) is 6.80. The van der Waals surface area contributed by atoms with Crippen molar-refractivity contribution < 1.29 is 19.4 Å². The summed E-state index contributed by atoms with van der Waals surface area (Å²) in [5.41, 5.74) is 6.39. The van der Waals surface area contributed by atoms with Gasteiger partial charge in [0.05, 0.1) is 24.5 Å². The first-order valence-electron chi connectivity index (χ1n) is 13.9. The number of hydrogen-bond acceptors (Lipinski definition) is 3. The highest BCUT2D eigenvalue weighted by Crippen LogP contribution is 2.53. The summed E-state index contributed by atoms with van der Waals surface area (Å²) in [7, 11) is 0. The molecule has 2 aliphatic carbocycles. The lowest BCUT2D eigenvalue weighted by Gasteiger charge is -2.27. The van der Waals surface area contributed by atoms with Gasteiger partial charge in [0.2, 0.25) is 5.91 Å². The molecule has 2 heterocycles. The van der Waals surface area contributed by atoms with E-state index in [1.165, 1.54) is 59.9 Å². The largest absolute Gasteiger partial charge is 0.478 e. The van der Waals surface area contributed by atoms with E-state index in [0.717, 1.165) is 18.5 Å². The van der Waals surface area contributed by atoms with Crippen LogP contribution < -0.4 is 0 Å². The van der Waals surface area contributed by atoms with Gasteiger partial charge in [0, 0.05) is 42.0 Å². The molecule has 37 heavy (non-hydrogen) atoms. The van der Waals surface area contributed by atoms with Gasteiger partial charge in [-0.2, -0.15) is 0 Å². The first-order chi connectivity index (χ1) is 18.1. The van der Waals surface area contributed by atoms with Crippen LogP contribution in [0.1, 0.15) is 78.8 Å². The molecule has 3 fully saturated rings. The predicted octanol–water partition coefficient (Wildman–Crippen LogP) is 6.04. The summed E-state index contributed by atoms with van der Waals surface area (Å²) >= 11 is 0. The standard InChI is InChI=1S/C31H36N2O4/c1-2-33-27-18-21(31(35)36)12-13-24(27)28(20-8-4-3-5-9-20)29(33)23-11-7-6-10-22(23)25-19-26(25)30(34)32-14-16-37-17-15-32/h6-7,10-13,18,20,25-26H,2-5,8-9,14-17,19H2,1H3,(H,35,36)/t25-,26?/m1/s1. The van der Waals surface area contributed by atoms with Crippen LogP contribution >= 0.6 is 0 Å². The molecular weight excluding hydrogens is 464 g/mol. The maximum Gasteiger partial charge on any atom is 0.335 e. The molecule has 6 heteroatoms. The Morgan fingerprint density at radius 1 is 1.03 bits per heavy atom. The molecule has 0 bridgehead atoms. The predicted molar refractivity (Wildman–Crippen MR) is 144 cm³/mol. The third-order valence-corrected chi connectivity index (χ3v) is 8.73. The Labute approximate surface area is 218 Å². The fourth-order valence-corrected chi connectivity index (χ4v) is 6.80. The Balaban J connectivity index is 1.47. The minimum absolute atomic E-state index is 0.0375. The van der Waals surface area contributed by atoms with Crippen LogP contribution in [0, 0.1) is 5.92 Å². The zero-order chi connectivity index (χ0) is 25.5. The second kappa shape index (κ2) is 9.97.